The third-order valence-electron chi connectivity index (χ3n) is 1.96. The summed E-state index contributed by atoms with van der Waals surface area (Å²) < 4.78 is 5.29. The van der Waals surface area contributed by atoms with Crippen molar-refractivity contribution < 1.29 is 14.3 Å². The average Bonchev–Trinajstić information content (AvgIpc) is 2.27. The first-order valence-electron chi connectivity index (χ1n) is 4.56. The molecule has 86 valence electrons. The highest BCUT2D eigenvalue weighted by Gasteiger charge is 2.12. The van der Waals surface area contributed by atoms with Gasteiger partial charge in [-0.25, -0.2) is 4.79 Å². The Labute approximate surface area is 110 Å². The van der Waals surface area contributed by atoms with Gasteiger partial charge in [0.2, 0.25) is 0 Å². The van der Waals surface area contributed by atoms with Crippen LogP contribution in [0.5, 0.6) is 0 Å². The highest BCUT2D eigenvalue weighted by molar-refractivity contribution is 9.10. The number of rotatable bonds is 4. The third-order valence-corrected chi connectivity index (χ3v) is 2.82. The van der Waals surface area contributed by atoms with E-state index in [9.17, 15) is 9.59 Å². The number of methoxy groups -OCH3 is 1. The number of hydrogen-bond acceptors (Lipinski definition) is 3. The van der Waals surface area contributed by atoms with Crippen LogP contribution in [0.1, 0.15) is 27.1 Å². The third kappa shape index (κ3) is 3.42. The maximum absolute atomic E-state index is 11.7. The van der Waals surface area contributed by atoms with Gasteiger partial charge in [0.25, 0.3) is 0 Å². The highest BCUT2D eigenvalue weighted by atomic mass is 79.9. The van der Waals surface area contributed by atoms with Gasteiger partial charge in [-0.2, -0.15) is 0 Å². The van der Waals surface area contributed by atoms with Crippen LogP contribution in [0.4, 0.5) is 0 Å². The molecule has 0 saturated heterocycles. The molecule has 1 rings (SSSR count). The van der Waals surface area contributed by atoms with Gasteiger partial charge >= 0.3 is 5.97 Å². The van der Waals surface area contributed by atoms with Crippen molar-refractivity contribution in [2.45, 2.75) is 6.42 Å². The number of ether oxygens (including phenoxy) is 1. The maximum atomic E-state index is 11.7. The van der Waals surface area contributed by atoms with E-state index < -0.39 is 5.97 Å². The number of carbonyl (C=O) groups excluding carboxylic acids is 2. The van der Waals surface area contributed by atoms with Gasteiger partial charge in [-0.1, -0.05) is 31.9 Å². The summed E-state index contributed by atoms with van der Waals surface area (Å²) in [6.45, 7) is 0. The smallest absolute Gasteiger partial charge is 0.337 e. The molecular weight excluding hydrogens is 340 g/mol. The summed E-state index contributed by atoms with van der Waals surface area (Å²) in [4.78, 5) is 23.0. The normalized spacial score (nSPS) is 9.94. The molecule has 0 heterocycles. The van der Waals surface area contributed by atoms with Crippen LogP contribution >= 0.6 is 31.9 Å². The number of hydrogen-bond donors (Lipinski definition) is 0. The molecular formula is C11H10Br2O3. The predicted molar refractivity (Wildman–Crippen MR) is 68.2 cm³/mol. The lowest BCUT2D eigenvalue weighted by molar-refractivity contribution is 0.0600. The van der Waals surface area contributed by atoms with Gasteiger partial charge in [0, 0.05) is 21.8 Å². The molecule has 0 aromatic heterocycles. The van der Waals surface area contributed by atoms with E-state index in [1.165, 1.54) is 7.11 Å². The van der Waals surface area contributed by atoms with Crippen molar-refractivity contribution in [3.8, 4) is 0 Å². The minimum absolute atomic E-state index is 0.0108. The lowest BCUT2D eigenvalue weighted by atomic mass is 10.1. The molecule has 16 heavy (non-hydrogen) atoms. The Balaban J connectivity index is 3.07. The van der Waals surface area contributed by atoms with Crippen LogP contribution in [0.3, 0.4) is 0 Å². The van der Waals surface area contributed by atoms with Crippen LogP contribution in [0.25, 0.3) is 0 Å². The van der Waals surface area contributed by atoms with E-state index in [0.29, 0.717) is 27.4 Å². The first-order chi connectivity index (χ1) is 7.58. The summed E-state index contributed by atoms with van der Waals surface area (Å²) in [6, 6.07) is 4.86. The van der Waals surface area contributed by atoms with E-state index >= 15 is 0 Å². The Bertz CT molecular complexity index is 416. The van der Waals surface area contributed by atoms with E-state index in [2.05, 4.69) is 36.6 Å². The van der Waals surface area contributed by atoms with Gasteiger partial charge in [0.05, 0.1) is 12.7 Å². The summed E-state index contributed by atoms with van der Waals surface area (Å²) in [5.41, 5.74) is 0.879. The summed E-state index contributed by atoms with van der Waals surface area (Å²) in [5.74, 6) is -0.461. The molecule has 0 atom stereocenters. The molecule has 1 aromatic rings. The first kappa shape index (κ1) is 13.4. The van der Waals surface area contributed by atoms with Crippen molar-refractivity contribution in [3.05, 3.63) is 33.8 Å². The van der Waals surface area contributed by atoms with Crippen LogP contribution in [-0.2, 0) is 4.74 Å². The standard InChI is InChI=1S/C11H10Br2O3/c1-16-11(15)8-4-7(5-9(13)6-8)10(14)2-3-12/h4-6H,2-3H2,1H3. The molecule has 1 aromatic carbocycles. The number of benzene rings is 1. The second kappa shape index (κ2) is 6.15. The molecule has 0 amide bonds. The Hall–Kier alpha value is -0.680. The van der Waals surface area contributed by atoms with E-state index in [1.807, 2.05) is 0 Å². The number of Topliss-reactive ketones (excluding diaryl/α,β-unsaturated/α-hetero) is 1. The average molecular weight is 350 g/mol. The lowest BCUT2D eigenvalue weighted by Crippen LogP contribution is -2.05. The number of carbonyl (C=O) groups is 2. The van der Waals surface area contributed by atoms with Crippen molar-refractivity contribution in [1.82, 2.24) is 0 Å². The molecule has 0 radical (unpaired) electrons. The summed E-state index contributed by atoms with van der Waals surface area (Å²) in [7, 11) is 1.31. The molecule has 0 spiro atoms. The van der Waals surface area contributed by atoms with Gasteiger partial charge in [-0.3, -0.25) is 4.79 Å². The molecule has 5 heteroatoms. The molecule has 3 nitrogen and oxygen atoms in total. The monoisotopic (exact) mass is 348 g/mol. The Kier molecular flexibility index (Phi) is 5.15. The lowest BCUT2D eigenvalue weighted by Gasteiger charge is -2.04. The van der Waals surface area contributed by atoms with E-state index in [0.717, 1.165) is 0 Å². The van der Waals surface area contributed by atoms with E-state index in [4.69, 9.17) is 0 Å². The first-order valence-corrected chi connectivity index (χ1v) is 6.48. The molecule has 0 fully saturated rings. The van der Waals surface area contributed by atoms with Crippen LogP contribution in [0, 0.1) is 0 Å². The fourth-order valence-electron chi connectivity index (χ4n) is 1.22. The summed E-state index contributed by atoms with van der Waals surface area (Å²) in [6.07, 6.45) is 0.400. The van der Waals surface area contributed by atoms with Crippen LogP contribution in [-0.4, -0.2) is 24.2 Å². The second-order valence-electron chi connectivity index (χ2n) is 3.08. The van der Waals surface area contributed by atoms with Crippen LogP contribution in [0.15, 0.2) is 22.7 Å². The predicted octanol–water partition coefficient (Wildman–Crippen LogP) is 3.20. The van der Waals surface area contributed by atoms with Gasteiger partial charge < -0.3 is 4.74 Å². The summed E-state index contributed by atoms with van der Waals surface area (Å²) in [5, 5.41) is 0.603. The van der Waals surface area contributed by atoms with Crippen molar-refractivity contribution >= 4 is 43.6 Å². The Morgan fingerprint density at radius 1 is 1.25 bits per heavy atom. The number of halogens is 2. The Morgan fingerprint density at radius 2 is 1.88 bits per heavy atom. The Morgan fingerprint density at radius 3 is 2.44 bits per heavy atom. The van der Waals surface area contributed by atoms with Crippen molar-refractivity contribution in [1.29, 1.82) is 0 Å². The number of ketones is 1. The maximum Gasteiger partial charge on any atom is 0.337 e. The van der Waals surface area contributed by atoms with Gasteiger partial charge in [0.1, 0.15) is 0 Å². The van der Waals surface area contributed by atoms with Gasteiger partial charge in [-0.05, 0) is 18.2 Å². The van der Waals surface area contributed by atoms with Crippen molar-refractivity contribution in [2.75, 3.05) is 12.4 Å². The number of esters is 1. The topological polar surface area (TPSA) is 43.4 Å². The zero-order valence-corrected chi connectivity index (χ0v) is 11.8. The van der Waals surface area contributed by atoms with Crippen molar-refractivity contribution in [2.24, 2.45) is 0 Å². The largest absolute Gasteiger partial charge is 0.465 e. The second-order valence-corrected chi connectivity index (χ2v) is 4.79. The molecule has 0 unspecified atom stereocenters. The van der Waals surface area contributed by atoms with E-state index in [1.54, 1.807) is 18.2 Å². The van der Waals surface area contributed by atoms with Crippen molar-refractivity contribution in [3.63, 3.8) is 0 Å². The molecule has 0 aliphatic heterocycles. The quantitative estimate of drug-likeness (QED) is 0.476. The van der Waals surface area contributed by atoms with Gasteiger partial charge in [-0.15, -0.1) is 0 Å². The van der Waals surface area contributed by atoms with E-state index in [-0.39, 0.29) is 5.78 Å². The zero-order chi connectivity index (χ0) is 12.1. The number of alkyl halides is 1. The minimum atomic E-state index is -0.450. The zero-order valence-electron chi connectivity index (χ0n) is 8.63. The van der Waals surface area contributed by atoms with Gasteiger partial charge in [0.15, 0.2) is 5.78 Å². The molecule has 0 N–H and O–H groups in total. The highest BCUT2D eigenvalue weighted by Crippen LogP contribution is 2.18. The molecule has 0 aliphatic rings. The fourth-order valence-corrected chi connectivity index (χ4v) is 2.07. The molecule has 0 aliphatic carbocycles. The molecule has 0 saturated carbocycles. The SMILES string of the molecule is COC(=O)c1cc(Br)cc(C(=O)CCBr)c1. The minimum Gasteiger partial charge on any atom is -0.465 e. The summed E-state index contributed by atoms with van der Waals surface area (Å²) >= 11 is 6.46. The molecule has 0 bridgehead atoms. The fraction of sp³-hybridized carbons (Fsp3) is 0.273. The van der Waals surface area contributed by atoms with Crippen LogP contribution < -0.4 is 0 Å². The van der Waals surface area contributed by atoms with Crippen LogP contribution in [0.2, 0.25) is 0 Å².